The summed E-state index contributed by atoms with van der Waals surface area (Å²) in [6.07, 6.45) is 4.49. The molecule has 0 bridgehead atoms. The SMILES string of the molecule is Cc1c(C(=O)Nc2cc(F)ccc2OC(F)F)cnn1-c1ccncc1. The normalized spacial score (nSPS) is 10.8. The van der Waals surface area contributed by atoms with Crippen LogP contribution in [0.1, 0.15) is 16.1 Å². The molecule has 0 saturated heterocycles. The van der Waals surface area contributed by atoms with Crippen molar-refractivity contribution in [3.8, 4) is 11.4 Å². The van der Waals surface area contributed by atoms with E-state index >= 15 is 0 Å². The van der Waals surface area contributed by atoms with Gasteiger partial charge in [-0.1, -0.05) is 0 Å². The van der Waals surface area contributed by atoms with Crippen molar-refractivity contribution in [1.82, 2.24) is 14.8 Å². The summed E-state index contributed by atoms with van der Waals surface area (Å²) >= 11 is 0. The molecule has 0 radical (unpaired) electrons. The van der Waals surface area contributed by atoms with Crippen LogP contribution in [0.2, 0.25) is 0 Å². The molecule has 6 nitrogen and oxygen atoms in total. The molecule has 0 aliphatic heterocycles. The number of aromatic nitrogens is 3. The lowest BCUT2D eigenvalue weighted by atomic mass is 10.2. The molecule has 0 fully saturated rings. The van der Waals surface area contributed by atoms with Crippen molar-refractivity contribution in [2.75, 3.05) is 5.32 Å². The average Bonchev–Trinajstić information content (AvgIpc) is 2.99. The van der Waals surface area contributed by atoms with E-state index in [0.29, 0.717) is 11.4 Å². The van der Waals surface area contributed by atoms with E-state index in [0.717, 1.165) is 18.2 Å². The van der Waals surface area contributed by atoms with Gasteiger partial charge < -0.3 is 10.1 Å². The van der Waals surface area contributed by atoms with E-state index in [1.165, 1.54) is 10.9 Å². The summed E-state index contributed by atoms with van der Waals surface area (Å²) in [7, 11) is 0. The number of ether oxygens (including phenoxy) is 1. The summed E-state index contributed by atoms with van der Waals surface area (Å²) < 4.78 is 44.2. The standard InChI is InChI=1S/C17H13F3N4O2/c1-10-13(9-22-24(10)12-4-6-21-7-5-12)16(25)23-14-8-11(18)2-3-15(14)26-17(19)20/h2-9,17H,1H3,(H,23,25). The summed E-state index contributed by atoms with van der Waals surface area (Å²) in [6.45, 7) is -1.43. The minimum Gasteiger partial charge on any atom is -0.433 e. The maximum atomic E-state index is 13.4. The summed E-state index contributed by atoms with van der Waals surface area (Å²) in [5, 5.41) is 6.52. The topological polar surface area (TPSA) is 69.0 Å². The molecule has 0 aliphatic carbocycles. The van der Waals surface area contributed by atoms with Crippen molar-refractivity contribution < 1.29 is 22.7 Å². The van der Waals surface area contributed by atoms with Gasteiger partial charge in [-0.25, -0.2) is 9.07 Å². The van der Waals surface area contributed by atoms with Crippen molar-refractivity contribution in [1.29, 1.82) is 0 Å². The molecular weight excluding hydrogens is 349 g/mol. The average molecular weight is 362 g/mol. The van der Waals surface area contributed by atoms with Crippen molar-refractivity contribution in [2.24, 2.45) is 0 Å². The first-order chi connectivity index (χ1) is 12.5. The number of carbonyl (C=O) groups is 1. The molecule has 0 saturated carbocycles. The van der Waals surface area contributed by atoms with E-state index in [9.17, 15) is 18.0 Å². The van der Waals surface area contributed by atoms with Crippen LogP contribution in [-0.2, 0) is 0 Å². The molecule has 26 heavy (non-hydrogen) atoms. The Kier molecular flexibility index (Phi) is 4.87. The number of benzene rings is 1. The molecular formula is C17H13F3N4O2. The third-order valence-corrected chi connectivity index (χ3v) is 3.57. The van der Waals surface area contributed by atoms with Gasteiger partial charge in [0.2, 0.25) is 0 Å². The Balaban J connectivity index is 1.88. The molecule has 1 N–H and O–H groups in total. The van der Waals surface area contributed by atoms with E-state index in [4.69, 9.17) is 0 Å². The van der Waals surface area contributed by atoms with Crippen LogP contribution < -0.4 is 10.1 Å². The lowest BCUT2D eigenvalue weighted by molar-refractivity contribution is -0.0494. The molecule has 1 amide bonds. The van der Waals surface area contributed by atoms with Crippen molar-refractivity contribution >= 4 is 11.6 Å². The lowest BCUT2D eigenvalue weighted by Gasteiger charge is -2.12. The number of halogens is 3. The van der Waals surface area contributed by atoms with Gasteiger partial charge in [0.15, 0.2) is 0 Å². The fraction of sp³-hybridized carbons (Fsp3) is 0.118. The Morgan fingerprint density at radius 3 is 2.65 bits per heavy atom. The van der Waals surface area contributed by atoms with Gasteiger partial charge in [0.25, 0.3) is 5.91 Å². The zero-order chi connectivity index (χ0) is 18.7. The second-order valence-electron chi connectivity index (χ2n) is 5.23. The highest BCUT2D eigenvalue weighted by atomic mass is 19.3. The number of alkyl halides is 2. The van der Waals surface area contributed by atoms with E-state index in [1.54, 1.807) is 31.5 Å². The van der Waals surface area contributed by atoms with Gasteiger partial charge in [-0.15, -0.1) is 0 Å². The lowest BCUT2D eigenvalue weighted by Crippen LogP contribution is -2.15. The van der Waals surface area contributed by atoms with Gasteiger partial charge in [-0.05, 0) is 31.2 Å². The van der Waals surface area contributed by atoms with E-state index in [2.05, 4.69) is 20.1 Å². The summed E-state index contributed by atoms with van der Waals surface area (Å²) in [6, 6.07) is 6.30. The Hall–Kier alpha value is -3.36. The zero-order valence-electron chi connectivity index (χ0n) is 13.5. The van der Waals surface area contributed by atoms with Crippen LogP contribution in [0.3, 0.4) is 0 Å². The maximum absolute atomic E-state index is 13.4. The molecule has 1 aromatic carbocycles. The summed E-state index contributed by atoms with van der Waals surface area (Å²) in [4.78, 5) is 16.4. The number of anilines is 1. The number of pyridine rings is 1. The number of hydrogen-bond donors (Lipinski definition) is 1. The molecule has 2 heterocycles. The number of hydrogen-bond acceptors (Lipinski definition) is 4. The van der Waals surface area contributed by atoms with Gasteiger partial charge in [0.05, 0.1) is 28.8 Å². The number of carbonyl (C=O) groups excluding carboxylic acids is 1. The second kappa shape index (κ2) is 7.26. The van der Waals surface area contributed by atoms with Crippen LogP contribution >= 0.6 is 0 Å². The quantitative estimate of drug-likeness (QED) is 0.753. The van der Waals surface area contributed by atoms with Crippen LogP contribution in [0.4, 0.5) is 18.9 Å². The molecule has 0 aliphatic rings. The summed E-state index contributed by atoms with van der Waals surface area (Å²) in [5.41, 5.74) is 1.21. The Morgan fingerprint density at radius 2 is 1.96 bits per heavy atom. The van der Waals surface area contributed by atoms with Crippen molar-refractivity contribution in [2.45, 2.75) is 13.5 Å². The smallest absolute Gasteiger partial charge is 0.387 e. The predicted octanol–water partition coefficient (Wildman–Crippen LogP) is 3.57. The van der Waals surface area contributed by atoms with Crippen LogP contribution in [0.15, 0.2) is 48.9 Å². The molecule has 0 unspecified atom stereocenters. The first-order valence-electron chi connectivity index (χ1n) is 7.46. The number of nitrogens with one attached hydrogen (secondary N) is 1. The van der Waals surface area contributed by atoms with Crippen LogP contribution in [0.25, 0.3) is 5.69 Å². The zero-order valence-corrected chi connectivity index (χ0v) is 13.5. The van der Waals surface area contributed by atoms with Crippen LogP contribution in [0.5, 0.6) is 5.75 Å². The molecule has 9 heteroatoms. The fourth-order valence-electron chi connectivity index (χ4n) is 2.37. The number of rotatable bonds is 5. The molecule has 0 spiro atoms. The van der Waals surface area contributed by atoms with Crippen LogP contribution in [-0.4, -0.2) is 27.3 Å². The molecule has 3 rings (SSSR count). The van der Waals surface area contributed by atoms with Gasteiger partial charge in [0, 0.05) is 18.5 Å². The Labute approximate surface area is 146 Å². The highest BCUT2D eigenvalue weighted by molar-refractivity contribution is 6.05. The minimum absolute atomic E-state index is 0.202. The van der Waals surface area contributed by atoms with Gasteiger partial charge in [0.1, 0.15) is 11.6 Å². The minimum atomic E-state index is -3.10. The fourth-order valence-corrected chi connectivity index (χ4v) is 2.37. The molecule has 3 aromatic rings. The first-order valence-corrected chi connectivity index (χ1v) is 7.46. The van der Waals surface area contributed by atoms with E-state index < -0.39 is 18.3 Å². The first kappa shape index (κ1) is 17.5. The molecule has 0 atom stereocenters. The largest absolute Gasteiger partial charge is 0.433 e. The Morgan fingerprint density at radius 1 is 1.23 bits per heavy atom. The highest BCUT2D eigenvalue weighted by Gasteiger charge is 2.18. The monoisotopic (exact) mass is 362 g/mol. The highest BCUT2D eigenvalue weighted by Crippen LogP contribution is 2.28. The van der Waals surface area contributed by atoms with Crippen molar-refractivity contribution in [3.63, 3.8) is 0 Å². The van der Waals surface area contributed by atoms with Gasteiger partial charge >= 0.3 is 6.61 Å². The third kappa shape index (κ3) is 3.66. The third-order valence-electron chi connectivity index (χ3n) is 3.57. The molecule has 2 aromatic heterocycles. The van der Waals surface area contributed by atoms with E-state index in [-0.39, 0.29) is 17.0 Å². The van der Waals surface area contributed by atoms with Gasteiger partial charge in [-0.3, -0.25) is 9.78 Å². The second-order valence-corrected chi connectivity index (χ2v) is 5.23. The maximum Gasteiger partial charge on any atom is 0.387 e. The number of amides is 1. The summed E-state index contributed by atoms with van der Waals surface area (Å²) in [5.74, 6) is -1.67. The van der Waals surface area contributed by atoms with Gasteiger partial charge in [-0.2, -0.15) is 13.9 Å². The molecule has 134 valence electrons. The van der Waals surface area contributed by atoms with Crippen molar-refractivity contribution in [3.05, 3.63) is 66.0 Å². The number of nitrogens with zero attached hydrogens (tertiary/aromatic N) is 3. The Bertz CT molecular complexity index is 929. The van der Waals surface area contributed by atoms with E-state index in [1.807, 2.05) is 0 Å². The predicted molar refractivity (Wildman–Crippen MR) is 87.1 cm³/mol. The van der Waals surface area contributed by atoms with Crippen LogP contribution in [0, 0.1) is 12.7 Å².